The molecule has 0 atom stereocenters. The molecule has 0 aliphatic rings. The standard InChI is InChI=1S/Al.4ClH.NO/c;;;;;1-2/h;4*1H;/q+3;;;;;+1/p-4. The van der Waals surface area contributed by atoms with Gasteiger partial charge in [0.15, 0.2) is 0 Å². The SMILES string of the molecule is N#[O+].[Cl][Al-]([Cl])([Cl])[Cl]. The summed E-state index contributed by atoms with van der Waals surface area (Å²) in [7, 11) is 17.0. The maximum atomic E-state index is 7.25. The largest absolute Gasteiger partial charge is 0.564 e. The van der Waals surface area contributed by atoms with E-state index in [0.717, 1.165) is 0 Å². The number of nitrogens with zero attached hydrogens (tertiary/aromatic N) is 1. The molecular weight excluding hydrogens is 199 g/mol. The monoisotopic (exact) mass is 197 g/mol. The molecule has 0 aromatic rings. The molecule has 0 rings (SSSR count). The van der Waals surface area contributed by atoms with E-state index >= 15 is 0 Å². The maximum absolute atomic E-state index is 7.25. The van der Waals surface area contributed by atoms with Gasteiger partial charge in [0.2, 0.25) is 0 Å². The van der Waals surface area contributed by atoms with E-state index in [1.54, 1.807) is 0 Å². The zero-order valence-corrected chi connectivity index (χ0v) is 7.12. The molecule has 0 aliphatic heterocycles. The molecule has 0 amide bonds. The summed E-state index contributed by atoms with van der Waals surface area (Å²) in [5, 5.41) is 0. The van der Waals surface area contributed by atoms with Gasteiger partial charge in [-0.05, 0) is 0 Å². The van der Waals surface area contributed by atoms with Gasteiger partial charge < -0.3 is 40.2 Å². The van der Waals surface area contributed by atoms with Crippen molar-refractivity contribution in [3.63, 3.8) is 0 Å². The third-order valence-electron chi connectivity index (χ3n) is 0. The summed E-state index contributed by atoms with van der Waals surface area (Å²) in [4.78, 5) is 0. The van der Waals surface area contributed by atoms with Crippen LogP contribution in [0, 0.1) is 5.46 Å². The topological polar surface area (TPSA) is 43.7 Å². The smallest absolute Gasteiger partial charge is 0.391 e. The van der Waals surface area contributed by atoms with E-state index in [1.807, 2.05) is 0 Å². The molecule has 2 nitrogen and oxygen atoms in total. The Morgan fingerprint density at radius 2 is 1.00 bits per heavy atom. The van der Waals surface area contributed by atoms with Gasteiger partial charge in [0.25, 0.3) is 0 Å². The first-order valence-electron chi connectivity index (χ1n) is 1.06. The van der Waals surface area contributed by atoms with Crippen LogP contribution < -0.4 is 0 Å². The molecule has 0 N–H and O–H groups in total. The number of halogens is 4. The van der Waals surface area contributed by atoms with Crippen molar-refractivity contribution >= 4 is 49.6 Å². The molecule has 0 fully saturated rings. The molecule has 0 radical (unpaired) electrons. The van der Waals surface area contributed by atoms with Crippen LogP contribution in [0.3, 0.4) is 0 Å². The van der Waals surface area contributed by atoms with E-state index in [0.29, 0.717) is 0 Å². The average Bonchev–Trinajstić information content (AvgIpc) is 1.36. The van der Waals surface area contributed by atoms with Crippen molar-refractivity contribution in [3.05, 3.63) is 0 Å². The molecule has 0 aliphatic carbocycles. The average molecular weight is 199 g/mol. The van der Waals surface area contributed by atoms with Gasteiger partial charge in [-0.3, -0.25) is 0 Å². The molecular formula is AlCl4NO. The Morgan fingerprint density at radius 3 is 1.00 bits per heavy atom. The molecule has 0 saturated carbocycles. The van der Waals surface area contributed by atoms with Crippen LogP contribution in [0.2, 0.25) is 0 Å². The van der Waals surface area contributed by atoms with Gasteiger partial charge in [-0.15, -0.1) is 0 Å². The van der Waals surface area contributed by atoms with E-state index in [9.17, 15) is 0 Å². The second-order valence-corrected chi connectivity index (χ2v) is 13.4. The number of hydrogen-bond acceptors (Lipinski definition) is 1. The fourth-order valence-corrected chi connectivity index (χ4v) is 0. The van der Waals surface area contributed by atoms with Gasteiger partial charge >= 0.3 is 19.6 Å². The Hall–Kier alpha value is 1.36. The summed E-state index contributed by atoms with van der Waals surface area (Å²) in [5.41, 5.74) is 5.75. The normalized spacial score (nSPS) is 8.86. The minimum absolute atomic E-state index is 2.94. The molecule has 0 bridgehead atoms. The number of hydrogen-bond donors (Lipinski definition) is 0. The minimum atomic E-state index is -2.94. The van der Waals surface area contributed by atoms with Gasteiger partial charge in [-0.25, -0.2) is 0 Å². The Morgan fingerprint density at radius 1 is 1.00 bits per heavy atom. The zero-order valence-electron chi connectivity index (χ0n) is 2.94. The van der Waals surface area contributed by atoms with Gasteiger partial charge in [0.05, 0.1) is 0 Å². The molecule has 42 valence electrons. The van der Waals surface area contributed by atoms with Crippen LogP contribution >= 0.6 is 40.2 Å². The molecule has 0 unspecified atom stereocenters. The number of rotatable bonds is 0. The molecule has 0 aromatic carbocycles. The third kappa shape index (κ3) is 114. The Labute approximate surface area is 59.7 Å². The predicted molar refractivity (Wildman–Crippen MR) is 31.6 cm³/mol. The van der Waals surface area contributed by atoms with Gasteiger partial charge in [0.1, 0.15) is 0 Å². The van der Waals surface area contributed by atoms with Crippen molar-refractivity contribution in [3.8, 4) is 0 Å². The predicted octanol–water partition coefficient (Wildman–Crippen LogP) is 2.27. The van der Waals surface area contributed by atoms with Crippen molar-refractivity contribution in [2.45, 2.75) is 0 Å². The Bertz CT molecular complexity index is 48.4. The summed E-state index contributed by atoms with van der Waals surface area (Å²) in [5.74, 6) is 0. The third-order valence-corrected chi connectivity index (χ3v) is 0. The van der Waals surface area contributed by atoms with Gasteiger partial charge in [0, 0.05) is 0 Å². The van der Waals surface area contributed by atoms with Crippen LogP contribution in [-0.2, 0) is 4.77 Å². The zero-order chi connectivity index (χ0) is 6.50. The van der Waals surface area contributed by atoms with Gasteiger partial charge in [-0.2, -0.15) is 0 Å². The molecule has 0 aromatic heterocycles. The first-order valence-corrected chi connectivity index (χ1v) is 8.04. The maximum Gasteiger partial charge on any atom is 0.564 e. The first-order chi connectivity index (χ1) is 3.00. The molecule has 7 heavy (non-hydrogen) atoms. The second kappa shape index (κ2) is 5.50. The quantitative estimate of drug-likeness (QED) is 0.435. The van der Waals surface area contributed by atoms with Crippen molar-refractivity contribution in [1.29, 1.82) is 5.46 Å². The first kappa shape index (κ1) is 11.2. The van der Waals surface area contributed by atoms with Crippen molar-refractivity contribution in [1.82, 2.24) is 0 Å². The van der Waals surface area contributed by atoms with Crippen LogP contribution in [0.1, 0.15) is 0 Å². The van der Waals surface area contributed by atoms with Crippen LogP contribution in [-0.4, -0.2) is 9.39 Å². The summed E-state index contributed by atoms with van der Waals surface area (Å²) in [6.45, 7) is 0. The van der Waals surface area contributed by atoms with Crippen molar-refractivity contribution in [2.24, 2.45) is 0 Å². The minimum Gasteiger partial charge on any atom is -0.391 e. The summed E-state index contributed by atoms with van der Waals surface area (Å²) in [6.07, 6.45) is 0. The van der Waals surface area contributed by atoms with E-state index in [4.69, 9.17) is 50.4 Å². The van der Waals surface area contributed by atoms with E-state index < -0.39 is 9.39 Å². The summed E-state index contributed by atoms with van der Waals surface area (Å²) in [6, 6.07) is 0. The van der Waals surface area contributed by atoms with Crippen molar-refractivity contribution < 1.29 is 4.77 Å². The van der Waals surface area contributed by atoms with E-state index in [-0.39, 0.29) is 0 Å². The molecule has 7 heteroatoms. The van der Waals surface area contributed by atoms with Crippen LogP contribution in [0.15, 0.2) is 0 Å². The molecule has 0 heterocycles. The second-order valence-electron chi connectivity index (χ2n) is 0.495. The van der Waals surface area contributed by atoms with Gasteiger partial charge in [-0.1, -0.05) is 0 Å². The van der Waals surface area contributed by atoms with Crippen LogP contribution in [0.4, 0.5) is 0 Å². The van der Waals surface area contributed by atoms with Crippen LogP contribution in [0.25, 0.3) is 0 Å². The summed E-state index contributed by atoms with van der Waals surface area (Å²) >= 11 is 0. The van der Waals surface area contributed by atoms with Crippen molar-refractivity contribution in [2.75, 3.05) is 0 Å². The fourth-order valence-electron chi connectivity index (χ4n) is 0. The molecule has 0 saturated heterocycles. The fraction of sp³-hybridized carbons (Fsp3) is 0. The van der Waals surface area contributed by atoms with E-state index in [1.165, 1.54) is 0 Å². The van der Waals surface area contributed by atoms with E-state index in [2.05, 4.69) is 0 Å². The van der Waals surface area contributed by atoms with Crippen LogP contribution in [0.5, 0.6) is 0 Å². The summed E-state index contributed by atoms with van der Waals surface area (Å²) < 4.78 is 7.25. The Balaban J connectivity index is 0. The Kier molecular flexibility index (Phi) is 8.80. The molecule has 0 spiro atoms.